The third-order valence-corrected chi connectivity index (χ3v) is 5.16. The quantitative estimate of drug-likeness (QED) is 0.644. The van der Waals surface area contributed by atoms with E-state index in [1.807, 2.05) is 49.4 Å². The van der Waals surface area contributed by atoms with Crippen LogP contribution < -0.4 is 9.64 Å². The monoisotopic (exact) mass is 378 g/mol. The average molecular weight is 378 g/mol. The third kappa shape index (κ3) is 3.50. The van der Waals surface area contributed by atoms with Gasteiger partial charge in [0.15, 0.2) is 11.9 Å². The fourth-order valence-corrected chi connectivity index (χ4v) is 3.79. The van der Waals surface area contributed by atoms with Crippen molar-refractivity contribution >= 4 is 23.4 Å². The molecule has 1 atom stereocenters. The number of amides is 1. The Hall–Kier alpha value is -2.93. The Bertz CT molecular complexity index is 981. The van der Waals surface area contributed by atoms with Crippen molar-refractivity contribution in [1.82, 2.24) is 15.2 Å². The number of aromatic nitrogens is 3. The van der Waals surface area contributed by atoms with E-state index in [4.69, 9.17) is 4.74 Å². The van der Waals surface area contributed by atoms with Gasteiger partial charge in [-0.2, -0.15) is 4.98 Å². The lowest BCUT2D eigenvalue weighted by Crippen LogP contribution is -2.40. The minimum atomic E-state index is -0.492. The van der Waals surface area contributed by atoms with E-state index in [0.29, 0.717) is 16.7 Å². The van der Waals surface area contributed by atoms with Gasteiger partial charge in [-0.1, -0.05) is 60.3 Å². The standard InChI is InChI=1S/C20H18N4O2S/c1-13(25)24-14(2)26-19-18(16-10-6-7-11-17(16)24)22-23-20(21-19)27-12-15-8-4-3-5-9-15/h3-11,14H,12H2,1-2H3/t14-/m1/s1. The molecule has 136 valence electrons. The number of carbonyl (C=O) groups excluding carboxylic acids is 1. The Balaban J connectivity index is 1.69. The fourth-order valence-electron chi connectivity index (χ4n) is 3.05. The number of fused-ring (bicyclic) bond motifs is 3. The molecule has 1 aliphatic rings. The number of carbonyl (C=O) groups is 1. The van der Waals surface area contributed by atoms with Gasteiger partial charge in [-0.3, -0.25) is 9.69 Å². The molecule has 2 heterocycles. The smallest absolute Gasteiger partial charge is 0.247 e. The summed E-state index contributed by atoms with van der Waals surface area (Å²) in [7, 11) is 0. The number of para-hydroxylation sites is 1. The van der Waals surface area contributed by atoms with Gasteiger partial charge >= 0.3 is 0 Å². The molecule has 0 spiro atoms. The van der Waals surface area contributed by atoms with Crippen LogP contribution in [0.15, 0.2) is 59.8 Å². The molecule has 0 saturated carbocycles. The number of rotatable bonds is 3. The van der Waals surface area contributed by atoms with E-state index in [1.165, 1.54) is 24.2 Å². The number of benzene rings is 2. The first-order valence-electron chi connectivity index (χ1n) is 8.61. The van der Waals surface area contributed by atoms with Gasteiger partial charge in [0.2, 0.25) is 16.9 Å². The molecule has 0 aliphatic carbocycles. The predicted octanol–water partition coefficient (Wildman–Crippen LogP) is 3.92. The number of ether oxygens (including phenoxy) is 1. The minimum Gasteiger partial charge on any atom is -0.452 e. The Morgan fingerprint density at radius 1 is 1.11 bits per heavy atom. The minimum absolute atomic E-state index is 0.102. The molecule has 0 unspecified atom stereocenters. The molecular weight excluding hydrogens is 360 g/mol. The largest absolute Gasteiger partial charge is 0.452 e. The summed E-state index contributed by atoms with van der Waals surface area (Å²) in [6, 6.07) is 17.7. The highest BCUT2D eigenvalue weighted by molar-refractivity contribution is 7.98. The lowest BCUT2D eigenvalue weighted by molar-refractivity contribution is -0.118. The zero-order valence-corrected chi connectivity index (χ0v) is 15.8. The van der Waals surface area contributed by atoms with E-state index in [1.54, 1.807) is 4.90 Å². The van der Waals surface area contributed by atoms with E-state index in [0.717, 1.165) is 17.0 Å². The van der Waals surface area contributed by atoms with Gasteiger partial charge in [0.25, 0.3) is 0 Å². The molecule has 27 heavy (non-hydrogen) atoms. The van der Waals surface area contributed by atoms with Crippen LogP contribution in [0.5, 0.6) is 5.88 Å². The van der Waals surface area contributed by atoms with Crippen molar-refractivity contribution in [3.8, 4) is 17.1 Å². The van der Waals surface area contributed by atoms with Crippen molar-refractivity contribution in [3.63, 3.8) is 0 Å². The molecule has 0 fully saturated rings. The summed E-state index contributed by atoms with van der Waals surface area (Å²) in [5.74, 6) is 1.03. The van der Waals surface area contributed by atoms with Crippen molar-refractivity contribution in [2.75, 3.05) is 4.90 Å². The fraction of sp³-hybridized carbons (Fsp3) is 0.200. The van der Waals surface area contributed by atoms with Crippen molar-refractivity contribution < 1.29 is 9.53 Å². The van der Waals surface area contributed by atoms with Crippen LogP contribution in [0.2, 0.25) is 0 Å². The maximum absolute atomic E-state index is 12.2. The SMILES string of the molecule is CC(=O)N1c2ccccc2-c2nnc(SCc3ccccc3)nc2O[C@@H]1C. The van der Waals surface area contributed by atoms with Crippen molar-refractivity contribution in [1.29, 1.82) is 0 Å². The number of hydrogen-bond acceptors (Lipinski definition) is 6. The Morgan fingerprint density at radius 3 is 2.63 bits per heavy atom. The first-order chi connectivity index (χ1) is 13.1. The molecule has 0 bridgehead atoms. The Labute approximate surface area is 161 Å². The summed E-state index contributed by atoms with van der Waals surface area (Å²) in [6.07, 6.45) is -0.492. The van der Waals surface area contributed by atoms with Gasteiger partial charge in [0.05, 0.1) is 5.69 Å². The highest BCUT2D eigenvalue weighted by Gasteiger charge is 2.30. The molecule has 0 N–H and O–H groups in total. The lowest BCUT2D eigenvalue weighted by Gasteiger charge is -2.26. The highest BCUT2D eigenvalue weighted by atomic mass is 32.2. The van der Waals surface area contributed by atoms with Crippen LogP contribution >= 0.6 is 11.8 Å². The molecule has 6 nitrogen and oxygen atoms in total. The summed E-state index contributed by atoms with van der Waals surface area (Å²) < 4.78 is 5.98. The molecule has 1 aromatic heterocycles. The second kappa shape index (κ2) is 7.36. The van der Waals surface area contributed by atoms with Crippen LogP contribution in [0.25, 0.3) is 11.3 Å². The van der Waals surface area contributed by atoms with E-state index >= 15 is 0 Å². The maximum atomic E-state index is 12.2. The second-order valence-electron chi connectivity index (χ2n) is 6.15. The molecule has 1 amide bonds. The number of anilines is 1. The van der Waals surface area contributed by atoms with Crippen LogP contribution in [-0.2, 0) is 10.5 Å². The van der Waals surface area contributed by atoms with Gasteiger partial charge in [0, 0.05) is 18.2 Å². The Morgan fingerprint density at radius 2 is 1.85 bits per heavy atom. The third-order valence-electron chi connectivity index (χ3n) is 4.25. The molecule has 1 aliphatic heterocycles. The lowest BCUT2D eigenvalue weighted by atomic mass is 10.1. The number of hydrogen-bond donors (Lipinski definition) is 0. The maximum Gasteiger partial charge on any atom is 0.247 e. The zero-order chi connectivity index (χ0) is 18.8. The van der Waals surface area contributed by atoms with E-state index in [2.05, 4.69) is 27.3 Å². The van der Waals surface area contributed by atoms with E-state index < -0.39 is 6.23 Å². The first kappa shape index (κ1) is 17.5. The predicted molar refractivity (Wildman–Crippen MR) is 105 cm³/mol. The first-order valence-corrected chi connectivity index (χ1v) is 9.59. The van der Waals surface area contributed by atoms with Gasteiger partial charge in [-0.25, -0.2) is 0 Å². The summed E-state index contributed by atoms with van der Waals surface area (Å²) in [6.45, 7) is 3.35. The van der Waals surface area contributed by atoms with Crippen LogP contribution in [0.1, 0.15) is 19.4 Å². The van der Waals surface area contributed by atoms with Crippen LogP contribution in [0, 0.1) is 0 Å². The number of thioether (sulfide) groups is 1. The van der Waals surface area contributed by atoms with Gasteiger partial charge in [-0.15, -0.1) is 10.2 Å². The van der Waals surface area contributed by atoms with Crippen LogP contribution in [0.3, 0.4) is 0 Å². The van der Waals surface area contributed by atoms with Crippen LogP contribution in [-0.4, -0.2) is 27.3 Å². The van der Waals surface area contributed by atoms with E-state index in [9.17, 15) is 4.79 Å². The summed E-state index contributed by atoms with van der Waals surface area (Å²) in [5.41, 5.74) is 3.26. The molecule has 3 aromatic rings. The van der Waals surface area contributed by atoms with Gasteiger partial charge in [0.1, 0.15) is 0 Å². The van der Waals surface area contributed by atoms with E-state index in [-0.39, 0.29) is 5.91 Å². The topological polar surface area (TPSA) is 68.2 Å². The van der Waals surface area contributed by atoms with Crippen molar-refractivity contribution in [2.24, 2.45) is 0 Å². The van der Waals surface area contributed by atoms with Crippen LogP contribution in [0.4, 0.5) is 5.69 Å². The average Bonchev–Trinajstić information content (AvgIpc) is 2.80. The normalized spacial score (nSPS) is 15.3. The van der Waals surface area contributed by atoms with Crippen molar-refractivity contribution in [3.05, 3.63) is 60.2 Å². The molecule has 0 saturated heterocycles. The summed E-state index contributed by atoms with van der Waals surface area (Å²) in [5, 5.41) is 9.17. The Kier molecular flexibility index (Phi) is 4.77. The highest BCUT2D eigenvalue weighted by Crippen LogP contribution is 2.39. The molecular formula is C20H18N4O2S. The summed E-state index contributed by atoms with van der Waals surface area (Å²) in [4.78, 5) is 18.4. The van der Waals surface area contributed by atoms with Gasteiger partial charge in [-0.05, 0) is 18.6 Å². The molecule has 2 aromatic carbocycles. The van der Waals surface area contributed by atoms with Crippen molar-refractivity contribution in [2.45, 2.75) is 31.0 Å². The molecule has 0 radical (unpaired) electrons. The summed E-state index contributed by atoms with van der Waals surface area (Å²) >= 11 is 1.50. The van der Waals surface area contributed by atoms with Gasteiger partial charge < -0.3 is 4.74 Å². The molecule has 4 rings (SSSR count). The number of nitrogens with zero attached hydrogens (tertiary/aromatic N) is 4. The molecule has 7 heteroatoms. The second-order valence-corrected chi connectivity index (χ2v) is 7.09. The zero-order valence-electron chi connectivity index (χ0n) is 15.0.